The number of sulfonamides is 1. The summed E-state index contributed by atoms with van der Waals surface area (Å²) in [6.07, 6.45) is 0. The van der Waals surface area contributed by atoms with Crippen LogP contribution >= 0.6 is 43.5 Å². The van der Waals surface area contributed by atoms with E-state index in [0.29, 0.717) is 21.7 Å². The molecule has 5 aromatic carbocycles. The first kappa shape index (κ1) is 28.2. The Labute approximate surface area is 253 Å². The summed E-state index contributed by atoms with van der Waals surface area (Å²) in [7, 11) is -3.92. The first-order valence-corrected chi connectivity index (χ1v) is 15.4. The quantitative estimate of drug-likeness (QED) is 0.177. The van der Waals surface area contributed by atoms with Crippen LogP contribution in [0.25, 0.3) is 10.8 Å². The summed E-state index contributed by atoms with van der Waals surface area (Å²) in [4.78, 5) is 13.4. The molecular formula is C30H21Br2ClN2O4S. The van der Waals surface area contributed by atoms with E-state index in [4.69, 9.17) is 16.3 Å². The first-order valence-electron chi connectivity index (χ1n) is 12.0. The van der Waals surface area contributed by atoms with E-state index in [1.165, 1.54) is 18.2 Å². The van der Waals surface area contributed by atoms with E-state index in [9.17, 15) is 13.2 Å². The standard InChI is InChI=1S/C30H21Br2ClN2O4S/c1-18-6-11-22(12-7-18)40(37,38)35-26-13-9-20(31)16-24(26)30(36)34-21-10-15-27(25(33)17-21)39-28-14-8-19-4-2-3-5-23(19)29(28)32/h2-17,35H,1H3,(H,34,36). The van der Waals surface area contributed by atoms with Crippen molar-refractivity contribution in [3.05, 3.63) is 122 Å². The Morgan fingerprint density at radius 1 is 0.850 bits per heavy atom. The molecule has 0 aliphatic heterocycles. The third kappa shape index (κ3) is 6.18. The molecule has 0 aliphatic rings. The number of halogens is 3. The number of carbonyl (C=O) groups excluding carboxylic acids is 1. The fourth-order valence-corrected chi connectivity index (χ4v) is 6.22. The fraction of sp³-hybridized carbons (Fsp3) is 0.0333. The fourth-order valence-electron chi connectivity index (χ4n) is 3.99. The van der Waals surface area contributed by atoms with Crippen LogP contribution in [0.4, 0.5) is 11.4 Å². The second-order valence-corrected chi connectivity index (χ2v) is 12.7. The predicted octanol–water partition coefficient (Wildman–Crippen LogP) is 9.17. The number of ether oxygens (including phenoxy) is 1. The number of hydrogen-bond donors (Lipinski definition) is 2. The second kappa shape index (κ2) is 11.6. The lowest BCUT2D eigenvalue weighted by atomic mass is 10.1. The van der Waals surface area contributed by atoms with Crippen LogP contribution in [0.15, 0.2) is 111 Å². The molecule has 0 atom stereocenters. The van der Waals surface area contributed by atoms with Crippen molar-refractivity contribution >= 4 is 81.5 Å². The van der Waals surface area contributed by atoms with Crippen molar-refractivity contribution < 1.29 is 17.9 Å². The van der Waals surface area contributed by atoms with Gasteiger partial charge in [0, 0.05) is 10.2 Å². The molecule has 0 heterocycles. The minimum atomic E-state index is -3.92. The second-order valence-electron chi connectivity index (χ2n) is 8.91. The number of anilines is 2. The number of rotatable bonds is 7. The van der Waals surface area contributed by atoms with Gasteiger partial charge >= 0.3 is 0 Å². The maximum atomic E-state index is 13.3. The highest BCUT2D eigenvalue weighted by atomic mass is 79.9. The third-order valence-electron chi connectivity index (χ3n) is 6.04. The highest BCUT2D eigenvalue weighted by Crippen LogP contribution is 2.38. The van der Waals surface area contributed by atoms with Crippen molar-refractivity contribution in [3.8, 4) is 11.5 Å². The Balaban J connectivity index is 1.36. The molecule has 0 spiro atoms. The van der Waals surface area contributed by atoms with Crippen molar-refractivity contribution in [2.24, 2.45) is 0 Å². The van der Waals surface area contributed by atoms with Gasteiger partial charge in [-0.3, -0.25) is 9.52 Å². The van der Waals surface area contributed by atoms with Gasteiger partial charge in [0.1, 0.15) is 11.5 Å². The van der Waals surface area contributed by atoms with Gasteiger partial charge in [-0.25, -0.2) is 8.42 Å². The van der Waals surface area contributed by atoms with E-state index in [0.717, 1.165) is 20.8 Å². The molecule has 0 saturated heterocycles. The maximum Gasteiger partial charge on any atom is 0.261 e. The van der Waals surface area contributed by atoms with Gasteiger partial charge in [-0.15, -0.1) is 0 Å². The lowest BCUT2D eigenvalue weighted by Crippen LogP contribution is -2.18. The highest BCUT2D eigenvalue weighted by Gasteiger charge is 2.20. The van der Waals surface area contributed by atoms with Crippen LogP contribution in [-0.4, -0.2) is 14.3 Å². The first-order chi connectivity index (χ1) is 19.1. The van der Waals surface area contributed by atoms with E-state index in [1.54, 1.807) is 42.5 Å². The lowest BCUT2D eigenvalue weighted by Gasteiger charge is -2.15. The van der Waals surface area contributed by atoms with Gasteiger partial charge in [-0.1, -0.05) is 75.6 Å². The number of amides is 1. The van der Waals surface area contributed by atoms with Gasteiger partial charge in [0.25, 0.3) is 15.9 Å². The van der Waals surface area contributed by atoms with Crippen molar-refractivity contribution in [1.82, 2.24) is 0 Å². The van der Waals surface area contributed by atoms with Gasteiger partial charge < -0.3 is 10.1 Å². The molecule has 0 aromatic heterocycles. The monoisotopic (exact) mass is 698 g/mol. The summed E-state index contributed by atoms with van der Waals surface area (Å²) in [5.41, 5.74) is 1.60. The van der Waals surface area contributed by atoms with Crippen LogP contribution < -0.4 is 14.8 Å². The average Bonchev–Trinajstić information content (AvgIpc) is 2.93. The van der Waals surface area contributed by atoms with E-state index in [-0.39, 0.29) is 21.2 Å². The van der Waals surface area contributed by atoms with E-state index < -0.39 is 15.9 Å². The Morgan fingerprint density at radius 2 is 1.57 bits per heavy atom. The molecule has 0 saturated carbocycles. The van der Waals surface area contributed by atoms with E-state index in [2.05, 4.69) is 41.9 Å². The Bertz CT molecular complexity index is 1860. The van der Waals surface area contributed by atoms with Gasteiger partial charge in [0.05, 0.1) is 25.6 Å². The molecule has 10 heteroatoms. The summed E-state index contributed by atoms with van der Waals surface area (Å²) in [6.45, 7) is 1.87. The van der Waals surface area contributed by atoms with E-state index in [1.807, 2.05) is 43.3 Å². The number of carbonyl (C=O) groups is 1. The van der Waals surface area contributed by atoms with Crippen molar-refractivity contribution in [2.75, 3.05) is 10.0 Å². The number of aryl methyl sites for hydroxylation is 1. The van der Waals surface area contributed by atoms with Crippen molar-refractivity contribution in [1.29, 1.82) is 0 Å². The Morgan fingerprint density at radius 3 is 2.33 bits per heavy atom. The van der Waals surface area contributed by atoms with Gasteiger partial charge in [0.15, 0.2) is 0 Å². The Kier molecular flexibility index (Phi) is 8.19. The molecule has 6 nitrogen and oxygen atoms in total. The lowest BCUT2D eigenvalue weighted by molar-refractivity contribution is 0.102. The SMILES string of the molecule is Cc1ccc(S(=O)(=O)Nc2ccc(Br)cc2C(=O)Nc2ccc(Oc3ccc4ccccc4c3Br)c(Cl)c2)cc1. The normalized spacial score (nSPS) is 11.3. The molecule has 5 aromatic rings. The van der Waals surface area contributed by atoms with Gasteiger partial charge in [0.2, 0.25) is 0 Å². The van der Waals surface area contributed by atoms with Crippen molar-refractivity contribution in [3.63, 3.8) is 0 Å². The zero-order valence-electron chi connectivity index (χ0n) is 20.9. The summed E-state index contributed by atoms with van der Waals surface area (Å²) in [6, 6.07) is 27.8. The molecule has 0 aliphatic carbocycles. The molecular weight excluding hydrogens is 680 g/mol. The molecule has 1 amide bonds. The van der Waals surface area contributed by atoms with Gasteiger partial charge in [-0.05, 0) is 88.2 Å². The van der Waals surface area contributed by atoms with Crippen LogP contribution in [0.5, 0.6) is 11.5 Å². The van der Waals surface area contributed by atoms with Crippen molar-refractivity contribution in [2.45, 2.75) is 11.8 Å². The molecule has 0 bridgehead atoms. The minimum absolute atomic E-state index is 0.0906. The molecule has 0 radical (unpaired) electrons. The summed E-state index contributed by atoms with van der Waals surface area (Å²) < 4.78 is 35.9. The van der Waals surface area contributed by atoms with Crippen LogP contribution in [0.3, 0.4) is 0 Å². The zero-order chi connectivity index (χ0) is 28.4. The topological polar surface area (TPSA) is 84.5 Å². The van der Waals surface area contributed by atoms with Gasteiger partial charge in [-0.2, -0.15) is 0 Å². The highest BCUT2D eigenvalue weighted by molar-refractivity contribution is 9.11. The molecule has 0 fully saturated rings. The van der Waals surface area contributed by atoms with Crippen LogP contribution in [0.2, 0.25) is 5.02 Å². The van der Waals surface area contributed by atoms with Crippen LogP contribution in [-0.2, 0) is 10.0 Å². The van der Waals surface area contributed by atoms with Crippen LogP contribution in [0.1, 0.15) is 15.9 Å². The average molecular weight is 701 g/mol. The molecule has 202 valence electrons. The zero-order valence-corrected chi connectivity index (χ0v) is 25.7. The number of hydrogen-bond acceptors (Lipinski definition) is 4. The number of benzene rings is 5. The predicted molar refractivity (Wildman–Crippen MR) is 167 cm³/mol. The minimum Gasteiger partial charge on any atom is -0.455 e. The smallest absolute Gasteiger partial charge is 0.261 e. The largest absolute Gasteiger partial charge is 0.455 e. The molecule has 0 unspecified atom stereocenters. The summed E-state index contributed by atoms with van der Waals surface area (Å²) in [5.74, 6) is 0.478. The number of fused-ring (bicyclic) bond motifs is 1. The molecule has 2 N–H and O–H groups in total. The third-order valence-corrected chi connectivity index (χ3v) is 9.03. The molecule has 40 heavy (non-hydrogen) atoms. The summed E-state index contributed by atoms with van der Waals surface area (Å²) in [5, 5.41) is 5.14. The van der Waals surface area contributed by atoms with E-state index >= 15 is 0 Å². The molecule has 5 rings (SSSR count). The number of nitrogens with one attached hydrogen (secondary N) is 2. The van der Waals surface area contributed by atoms with Crippen LogP contribution in [0, 0.1) is 6.92 Å². The Hall–Kier alpha value is -3.37. The maximum absolute atomic E-state index is 13.3. The summed E-state index contributed by atoms with van der Waals surface area (Å²) >= 11 is 13.5.